The molecule has 0 saturated carbocycles. The van der Waals surface area contributed by atoms with E-state index in [1.54, 1.807) is 24.3 Å². The van der Waals surface area contributed by atoms with Crippen LogP contribution in [0.4, 0.5) is 4.39 Å². The summed E-state index contributed by atoms with van der Waals surface area (Å²) < 4.78 is 24.9. The number of nitrogens with one attached hydrogen (secondary N) is 1. The summed E-state index contributed by atoms with van der Waals surface area (Å²) in [7, 11) is 0. The number of carbonyl (C=O) groups excluding carboxylic acids is 1. The summed E-state index contributed by atoms with van der Waals surface area (Å²) in [5, 5.41) is 2.80. The van der Waals surface area contributed by atoms with Crippen LogP contribution >= 0.6 is 23.5 Å². The fourth-order valence-corrected chi connectivity index (χ4v) is 5.88. The van der Waals surface area contributed by atoms with E-state index in [1.807, 2.05) is 41.7 Å². The average Bonchev–Trinajstić information content (AvgIpc) is 3.44. The fraction of sp³-hybridized carbons (Fsp3) is 0.227. The first-order chi connectivity index (χ1) is 14.2. The standard InChI is InChI=1S/C22H20FNO3S2/c23-16-7-5-15(6-8-16)19-10-9-17(27-19)13-24-21(25)14-26-20-4-2-1-3-18(20)22-28-11-12-29-22/h1-10,22H,11-14H2,(H,24,25). The Bertz CT molecular complexity index is 968. The molecule has 0 atom stereocenters. The molecule has 0 spiro atoms. The molecule has 1 aliphatic heterocycles. The zero-order chi connectivity index (χ0) is 20.1. The van der Waals surface area contributed by atoms with Crippen molar-refractivity contribution in [2.75, 3.05) is 18.1 Å². The molecule has 1 amide bonds. The SMILES string of the molecule is O=C(COc1ccccc1C1SCCS1)NCc1ccc(-c2ccc(F)cc2)o1. The first-order valence-corrected chi connectivity index (χ1v) is 11.3. The van der Waals surface area contributed by atoms with Gasteiger partial charge in [0.2, 0.25) is 0 Å². The Morgan fingerprint density at radius 1 is 1.07 bits per heavy atom. The van der Waals surface area contributed by atoms with E-state index in [9.17, 15) is 9.18 Å². The molecule has 1 fully saturated rings. The molecule has 4 rings (SSSR count). The third kappa shape index (κ3) is 5.16. The highest BCUT2D eigenvalue weighted by atomic mass is 32.2. The van der Waals surface area contributed by atoms with Crippen molar-refractivity contribution in [3.8, 4) is 17.1 Å². The van der Waals surface area contributed by atoms with E-state index in [0.717, 1.165) is 28.4 Å². The van der Waals surface area contributed by atoms with Gasteiger partial charge < -0.3 is 14.5 Å². The van der Waals surface area contributed by atoms with E-state index >= 15 is 0 Å². The maximum Gasteiger partial charge on any atom is 0.258 e. The van der Waals surface area contributed by atoms with Crippen LogP contribution in [-0.4, -0.2) is 24.0 Å². The zero-order valence-electron chi connectivity index (χ0n) is 15.6. The summed E-state index contributed by atoms with van der Waals surface area (Å²) in [6, 6.07) is 17.6. The van der Waals surface area contributed by atoms with Crippen molar-refractivity contribution in [2.24, 2.45) is 0 Å². The lowest BCUT2D eigenvalue weighted by atomic mass is 10.2. The number of carbonyl (C=O) groups is 1. The van der Waals surface area contributed by atoms with Gasteiger partial charge in [0.15, 0.2) is 6.61 Å². The molecule has 150 valence electrons. The molecule has 0 bridgehead atoms. The topological polar surface area (TPSA) is 51.5 Å². The van der Waals surface area contributed by atoms with Crippen LogP contribution in [0.5, 0.6) is 5.75 Å². The molecule has 2 heterocycles. The third-order valence-electron chi connectivity index (χ3n) is 4.40. The van der Waals surface area contributed by atoms with Crippen LogP contribution in [0.2, 0.25) is 0 Å². The van der Waals surface area contributed by atoms with Crippen molar-refractivity contribution < 1.29 is 18.3 Å². The Morgan fingerprint density at radius 3 is 2.62 bits per heavy atom. The molecule has 0 aliphatic carbocycles. The van der Waals surface area contributed by atoms with Crippen LogP contribution < -0.4 is 10.1 Å². The van der Waals surface area contributed by atoms with Crippen molar-refractivity contribution in [3.63, 3.8) is 0 Å². The van der Waals surface area contributed by atoms with Crippen molar-refractivity contribution in [1.82, 2.24) is 5.32 Å². The molecule has 1 N–H and O–H groups in total. The van der Waals surface area contributed by atoms with Crippen LogP contribution in [0.3, 0.4) is 0 Å². The molecule has 1 aliphatic rings. The molecule has 1 aromatic heterocycles. The van der Waals surface area contributed by atoms with Gasteiger partial charge in [-0.2, -0.15) is 0 Å². The lowest BCUT2D eigenvalue weighted by molar-refractivity contribution is -0.123. The van der Waals surface area contributed by atoms with E-state index in [1.165, 1.54) is 12.1 Å². The van der Waals surface area contributed by atoms with Crippen LogP contribution in [0.1, 0.15) is 15.9 Å². The number of para-hydroxylation sites is 1. The summed E-state index contributed by atoms with van der Waals surface area (Å²) >= 11 is 3.80. The minimum absolute atomic E-state index is 0.0510. The van der Waals surface area contributed by atoms with Crippen LogP contribution in [0.25, 0.3) is 11.3 Å². The van der Waals surface area contributed by atoms with Crippen molar-refractivity contribution in [2.45, 2.75) is 11.1 Å². The first-order valence-electron chi connectivity index (χ1n) is 9.25. The van der Waals surface area contributed by atoms with Crippen LogP contribution in [-0.2, 0) is 11.3 Å². The lowest BCUT2D eigenvalue weighted by Gasteiger charge is -2.14. The predicted molar refractivity (Wildman–Crippen MR) is 116 cm³/mol. The van der Waals surface area contributed by atoms with Gasteiger partial charge in [-0.3, -0.25) is 4.79 Å². The monoisotopic (exact) mass is 429 g/mol. The predicted octanol–water partition coefficient (Wildman–Crippen LogP) is 5.26. The summed E-state index contributed by atoms with van der Waals surface area (Å²) in [6.45, 7) is 0.212. The number of hydrogen-bond acceptors (Lipinski definition) is 5. The molecular weight excluding hydrogens is 409 g/mol. The highest BCUT2D eigenvalue weighted by Gasteiger charge is 2.21. The quantitative estimate of drug-likeness (QED) is 0.555. The number of ether oxygens (including phenoxy) is 1. The van der Waals surface area contributed by atoms with Crippen molar-refractivity contribution in [3.05, 3.63) is 77.8 Å². The van der Waals surface area contributed by atoms with Crippen LogP contribution in [0.15, 0.2) is 65.1 Å². The highest BCUT2D eigenvalue weighted by Crippen LogP contribution is 2.48. The maximum atomic E-state index is 13.0. The van der Waals surface area contributed by atoms with E-state index in [4.69, 9.17) is 9.15 Å². The highest BCUT2D eigenvalue weighted by molar-refractivity contribution is 8.19. The van der Waals surface area contributed by atoms with E-state index in [2.05, 4.69) is 11.4 Å². The molecule has 0 radical (unpaired) electrons. The summed E-state index contributed by atoms with van der Waals surface area (Å²) in [5.74, 6) is 3.76. The van der Waals surface area contributed by atoms with Gasteiger partial charge in [0.1, 0.15) is 23.1 Å². The van der Waals surface area contributed by atoms with Gasteiger partial charge in [0.05, 0.1) is 11.1 Å². The number of furan rings is 1. The molecule has 7 heteroatoms. The minimum Gasteiger partial charge on any atom is -0.483 e. The number of hydrogen-bond donors (Lipinski definition) is 1. The Kier molecular flexibility index (Phi) is 6.46. The van der Waals surface area contributed by atoms with E-state index in [0.29, 0.717) is 16.1 Å². The Hall–Kier alpha value is -2.38. The smallest absolute Gasteiger partial charge is 0.258 e. The second-order valence-electron chi connectivity index (χ2n) is 6.45. The fourth-order valence-electron chi connectivity index (χ4n) is 2.97. The molecule has 0 unspecified atom stereocenters. The average molecular weight is 430 g/mol. The van der Waals surface area contributed by atoms with Gasteiger partial charge in [-0.1, -0.05) is 18.2 Å². The molecule has 29 heavy (non-hydrogen) atoms. The second-order valence-corrected chi connectivity index (χ2v) is 9.17. The lowest BCUT2D eigenvalue weighted by Crippen LogP contribution is -2.28. The van der Waals surface area contributed by atoms with E-state index < -0.39 is 0 Å². The zero-order valence-corrected chi connectivity index (χ0v) is 17.2. The van der Waals surface area contributed by atoms with Gasteiger partial charge >= 0.3 is 0 Å². The minimum atomic E-state index is -0.292. The largest absolute Gasteiger partial charge is 0.483 e. The molecule has 1 saturated heterocycles. The Labute approximate surface area is 177 Å². The number of thioether (sulfide) groups is 2. The normalized spacial score (nSPS) is 14.1. The van der Waals surface area contributed by atoms with Crippen molar-refractivity contribution >= 4 is 29.4 Å². The summed E-state index contributed by atoms with van der Waals surface area (Å²) in [4.78, 5) is 12.2. The number of amides is 1. The van der Waals surface area contributed by atoms with Crippen LogP contribution in [0, 0.1) is 5.82 Å². The third-order valence-corrected chi connectivity index (χ3v) is 7.47. The summed E-state index contributed by atoms with van der Waals surface area (Å²) in [6.07, 6.45) is 0. The molecule has 3 aromatic rings. The molecule has 2 aromatic carbocycles. The van der Waals surface area contributed by atoms with Gasteiger partial charge in [-0.05, 0) is 42.5 Å². The van der Waals surface area contributed by atoms with Crippen molar-refractivity contribution in [1.29, 1.82) is 0 Å². The maximum absolute atomic E-state index is 13.0. The number of benzene rings is 2. The number of halogens is 1. The second kappa shape index (κ2) is 9.41. The number of rotatable bonds is 7. The Morgan fingerprint density at radius 2 is 1.83 bits per heavy atom. The summed E-state index contributed by atoms with van der Waals surface area (Å²) in [5.41, 5.74) is 1.91. The molecule has 4 nitrogen and oxygen atoms in total. The molecular formula is C22H20FNO3S2. The van der Waals surface area contributed by atoms with Gasteiger partial charge in [0.25, 0.3) is 5.91 Å². The Balaban J connectivity index is 1.29. The van der Waals surface area contributed by atoms with Gasteiger partial charge in [-0.25, -0.2) is 4.39 Å². The van der Waals surface area contributed by atoms with E-state index in [-0.39, 0.29) is 24.9 Å². The van der Waals surface area contributed by atoms with Gasteiger partial charge in [0, 0.05) is 22.6 Å². The first kappa shape index (κ1) is 19.9. The van der Waals surface area contributed by atoms with Gasteiger partial charge in [-0.15, -0.1) is 23.5 Å².